The van der Waals surface area contributed by atoms with Crippen LogP contribution in [0.2, 0.25) is 0 Å². The smallest absolute Gasteiger partial charge is 0.171 e. The molecule has 1 aliphatic carbocycles. The van der Waals surface area contributed by atoms with Gasteiger partial charge in [-0.1, -0.05) is 0 Å². The van der Waals surface area contributed by atoms with E-state index in [9.17, 15) is 0 Å². The van der Waals surface area contributed by atoms with E-state index in [-0.39, 0.29) is 5.79 Å². The van der Waals surface area contributed by atoms with Crippen molar-refractivity contribution in [2.75, 3.05) is 13.2 Å². The summed E-state index contributed by atoms with van der Waals surface area (Å²) in [5.74, 6) is -0.238. The Hall–Kier alpha value is -0.120. The molecule has 3 aliphatic rings. The Morgan fingerprint density at radius 2 is 1.91 bits per heavy atom. The van der Waals surface area contributed by atoms with Crippen LogP contribution < -0.4 is 0 Å². The summed E-state index contributed by atoms with van der Waals surface area (Å²) < 4.78 is 16.6. The first-order valence-corrected chi connectivity index (χ1v) is 4.31. The molecule has 3 rings (SSSR count). The zero-order valence-electron chi connectivity index (χ0n) is 6.41. The molecule has 3 heteroatoms. The molecule has 2 saturated heterocycles. The molecular formula is C8H12O3. The molecule has 0 amide bonds. The van der Waals surface area contributed by atoms with Crippen molar-refractivity contribution in [2.24, 2.45) is 0 Å². The van der Waals surface area contributed by atoms with Crippen molar-refractivity contribution >= 4 is 0 Å². The van der Waals surface area contributed by atoms with Crippen LogP contribution in [0.5, 0.6) is 0 Å². The normalized spacial score (nSPS) is 45.8. The lowest BCUT2D eigenvalue weighted by atomic mass is 9.94. The predicted octanol–water partition coefficient (Wildman–Crippen LogP) is 0.681. The SMILES string of the molecule is C1COC2(CCC3O[C@@H]3C2)O1. The molecule has 2 atom stereocenters. The molecule has 0 aromatic carbocycles. The highest BCUT2D eigenvalue weighted by Gasteiger charge is 2.53. The maximum atomic E-state index is 5.58. The minimum Gasteiger partial charge on any atom is -0.369 e. The molecule has 1 unspecified atom stereocenters. The summed E-state index contributed by atoms with van der Waals surface area (Å²) in [5, 5.41) is 0. The summed E-state index contributed by atoms with van der Waals surface area (Å²) in [6, 6.07) is 0. The highest BCUT2D eigenvalue weighted by atomic mass is 16.7. The quantitative estimate of drug-likeness (QED) is 0.483. The van der Waals surface area contributed by atoms with Gasteiger partial charge in [-0.3, -0.25) is 0 Å². The third-order valence-corrected chi connectivity index (χ3v) is 2.82. The molecule has 62 valence electrons. The Balaban J connectivity index is 1.76. The van der Waals surface area contributed by atoms with Crippen molar-refractivity contribution in [1.82, 2.24) is 0 Å². The van der Waals surface area contributed by atoms with Crippen LogP contribution in [0.1, 0.15) is 19.3 Å². The number of hydrogen-bond acceptors (Lipinski definition) is 3. The van der Waals surface area contributed by atoms with Crippen LogP contribution in [0.15, 0.2) is 0 Å². The van der Waals surface area contributed by atoms with Gasteiger partial charge in [-0.2, -0.15) is 0 Å². The summed E-state index contributed by atoms with van der Waals surface area (Å²) in [5.41, 5.74) is 0. The summed E-state index contributed by atoms with van der Waals surface area (Å²) in [6.45, 7) is 1.52. The summed E-state index contributed by atoms with van der Waals surface area (Å²) in [4.78, 5) is 0. The summed E-state index contributed by atoms with van der Waals surface area (Å²) >= 11 is 0. The van der Waals surface area contributed by atoms with E-state index < -0.39 is 0 Å². The van der Waals surface area contributed by atoms with Gasteiger partial charge in [0.05, 0.1) is 25.4 Å². The Morgan fingerprint density at radius 1 is 1.09 bits per heavy atom. The molecule has 0 aromatic heterocycles. The van der Waals surface area contributed by atoms with Crippen LogP contribution in [-0.4, -0.2) is 31.2 Å². The summed E-state index contributed by atoms with van der Waals surface area (Å²) in [7, 11) is 0. The monoisotopic (exact) mass is 156 g/mol. The van der Waals surface area contributed by atoms with Crippen LogP contribution in [0.4, 0.5) is 0 Å². The largest absolute Gasteiger partial charge is 0.369 e. The zero-order valence-corrected chi connectivity index (χ0v) is 6.41. The van der Waals surface area contributed by atoms with Crippen molar-refractivity contribution < 1.29 is 14.2 Å². The second-order valence-corrected chi connectivity index (χ2v) is 3.56. The van der Waals surface area contributed by atoms with Gasteiger partial charge in [-0.25, -0.2) is 0 Å². The van der Waals surface area contributed by atoms with Crippen molar-refractivity contribution in [3.63, 3.8) is 0 Å². The zero-order chi connectivity index (χ0) is 7.31. The molecule has 2 aliphatic heterocycles. The first-order chi connectivity index (χ1) is 5.38. The van der Waals surface area contributed by atoms with E-state index in [1.165, 1.54) is 0 Å². The molecule has 0 N–H and O–H groups in total. The van der Waals surface area contributed by atoms with E-state index in [0.717, 1.165) is 32.5 Å². The third-order valence-electron chi connectivity index (χ3n) is 2.82. The van der Waals surface area contributed by atoms with Crippen LogP contribution >= 0.6 is 0 Å². The fraction of sp³-hybridized carbons (Fsp3) is 1.00. The Morgan fingerprint density at radius 3 is 2.64 bits per heavy atom. The van der Waals surface area contributed by atoms with Gasteiger partial charge in [-0.15, -0.1) is 0 Å². The molecule has 11 heavy (non-hydrogen) atoms. The van der Waals surface area contributed by atoms with Crippen LogP contribution in [-0.2, 0) is 14.2 Å². The molecular weight excluding hydrogens is 144 g/mol. The van der Waals surface area contributed by atoms with Gasteiger partial charge in [0.2, 0.25) is 0 Å². The van der Waals surface area contributed by atoms with Gasteiger partial charge in [0.1, 0.15) is 0 Å². The number of fused-ring (bicyclic) bond motifs is 1. The Bertz CT molecular complexity index is 174. The van der Waals surface area contributed by atoms with E-state index in [4.69, 9.17) is 14.2 Å². The molecule has 1 spiro atoms. The van der Waals surface area contributed by atoms with Crippen LogP contribution in [0, 0.1) is 0 Å². The van der Waals surface area contributed by atoms with Gasteiger partial charge in [0, 0.05) is 12.8 Å². The highest BCUT2D eigenvalue weighted by molar-refractivity contribution is 4.97. The number of hydrogen-bond donors (Lipinski definition) is 0. The van der Waals surface area contributed by atoms with Gasteiger partial charge < -0.3 is 14.2 Å². The van der Waals surface area contributed by atoms with E-state index in [2.05, 4.69) is 0 Å². The predicted molar refractivity (Wildman–Crippen MR) is 37.1 cm³/mol. The Kier molecular flexibility index (Phi) is 1.15. The average molecular weight is 156 g/mol. The highest BCUT2D eigenvalue weighted by Crippen LogP contribution is 2.45. The van der Waals surface area contributed by atoms with Crippen molar-refractivity contribution in [3.05, 3.63) is 0 Å². The van der Waals surface area contributed by atoms with E-state index in [1.54, 1.807) is 0 Å². The molecule has 2 heterocycles. The lowest BCUT2D eigenvalue weighted by molar-refractivity contribution is -0.173. The minimum atomic E-state index is -0.238. The maximum absolute atomic E-state index is 5.58. The van der Waals surface area contributed by atoms with Gasteiger partial charge in [-0.05, 0) is 6.42 Å². The van der Waals surface area contributed by atoms with E-state index >= 15 is 0 Å². The van der Waals surface area contributed by atoms with Crippen LogP contribution in [0.25, 0.3) is 0 Å². The van der Waals surface area contributed by atoms with Crippen molar-refractivity contribution in [3.8, 4) is 0 Å². The lowest BCUT2D eigenvalue weighted by Gasteiger charge is -2.28. The topological polar surface area (TPSA) is 31.0 Å². The molecule has 3 fully saturated rings. The lowest BCUT2D eigenvalue weighted by Crippen LogP contribution is -2.35. The molecule has 0 radical (unpaired) electrons. The van der Waals surface area contributed by atoms with Crippen molar-refractivity contribution in [1.29, 1.82) is 0 Å². The fourth-order valence-corrected chi connectivity index (χ4v) is 2.14. The van der Waals surface area contributed by atoms with Gasteiger partial charge in [0.25, 0.3) is 0 Å². The van der Waals surface area contributed by atoms with E-state index in [1.807, 2.05) is 0 Å². The molecule has 1 saturated carbocycles. The Labute approximate surface area is 65.6 Å². The number of epoxide rings is 1. The first-order valence-electron chi connectivity index (χ1n) is 4.31. The molecule has 3 nitrogen and oxygen atoms in total. The third kappa shape index (κ3) is 0.916. The second kappa shape index (κ2) is 1.97. The molecule has 0 aromatic rings. The van der Waals surface area contributed by atoms with Crippen LogP contribution in [0.3, 0.4) is 0 Å². The van der Waals surface area contributed by atoms with Gasteiger partial charge >= 0.3 is 0 Å². The van der Waals surface area contributed by atoms with E-state index in [0.29, 0.717) is 12.2 Å². The second-order valence-electron chi connectivity index (χ2n) is 3.56. The number of ether oxygens (including phenoxy) is 3. The number of rotatable bonds is 0. The average Bonchev–Trinajstić information content (AvgIpc) is 2.63. The minimum absolute atomic E-state index is 0.238. The standard InChI is InChI=1S/C8H12O3/c1-2-8(9-3-4-10-8)5-7-6(1)11-7/h6-7H,1-5H2/t6?,7-/m1/s1. The maximum Gasteiger partial charge on any atom is 0.171 e. The first kappa shape index (κ1) is 6.40. The van der Waals surface area contributed by atoms with Crippen molar-refractivity contribution in [2.45, 2.75) is 37.3 Å². The fourth-order valence-electron chi connectivity index (χ4n) is 2.14. The summed E-state index contributed by atoms with van der Waals surface area (Å²) in [6.07, 6.45) is 4.08. The van der Waals surface area contributed by atoms with Gasteiger partial charge in [0.15, 0.2) is 5.79 Å². The molecule has 0 bridgehead atoms.